The summed E-state index contributed by atoms with van der Waals surface area (Å²) in [6, 6.07) is 18.2. The molecule has 3 rings (SSSR count). The number of anilines is 1. The van der Waals surface area contributed by atoms with Crippen molar-refractivity contribution in [3.63, 3.8) is 0 Å². The highest BCUT2D eigenvalue weighted by atomic mass is 15.1. The van der Waals surface area contributed by atoms with E-state index >= 15 is 0 Å². The summed E-state index contributed by atoms with van der Waals surface area (Å²) in [4.78, 5) is 6.92. The van der Waals surface area contributed by atoms with E-state index in [1.165, 1.54) is 0 Å². The molecule has 20 heavy (non-hydrogen) atoms. The third-order valence-corrected chi connectivity index (χ3v) is 3.54. The van der Waals surface area contributed by atoms with Gasteiger partial charge < -0.3 is 4.90 Å². The van der Waals surface area contributed by atoms with Crippen molar-refractivity contribution >= 4 is 11.4 Å². The molecule has 1 heterocycles. The molecule has 1 aliphatic heterocycles. The number of nitrogens with zero attached hydrogens (tertiary/aromatic N) is 3. The third kappa shape index (κ3) is 2.17. The summed E-state index contributed by atoms with van der Waals surface area (Å²) < 4.78 is 0. The molecule has 0 saturated carbocycles. The maximum atomic E-state index is 9.13. The lowest BCUT2D eigenvalue weighted by Crippen LogP contribution is -2.20. The number of hydrogen-bond donors (Lipinski definition) is 0. The molecule has 0 aromatic heterocycles. The molecule has 0 unspecified atom stereocenters. The van der Waals surface area contributed by atoms with Gasteiger partial charge in [-0.25, -0.2) is 0 Å². The Labute approximate surface area is 118 Å². The van der Waals surface area contributed by atoms with Crippen LogP contribution in [0.15, 0.2) is 53.5 Å². The standard InChI is InChI=1S/C17H15N3/c1-20-10-9-19-17(14-5-3-2-4-6-14)15-11-13(12-18)7-8-16(15)20/h2-8,11H,9-10H2,1H3. The number of likely N-dealkylation sites (N-methyl/N-ethyl adjacent to an activating group) is 1. The molecular weight excluding hydrogens is 246 g/mol. The van der Waals surface area contributed by atoms with E-state index < -0.39 is 0 Å². The van der Waals surface area contributed by atoms with Gasteiger partial charge >= 0.3 is 0 Å². The predicted octanol–water partition coefficient (Wildman–Crippen LogP) is 2.85. The Morgan fingerprint density at radius 3 is 2.70 bits per heavy atom. The van der Waals surface area contributed by atoms with Gasteiger partial charge in [0.2, 0.25) is 0 Å². The average Bonchev–Trinajstić information content (AvgIpc) is 2.67. The molecule has 98 valence electrons. The summed E-state index contributed by atoms with van der Waals surface area (Å²) >= 11 is 0. The molecule has 0 atom stereocenters. The smallest absolute Gasteiger partial charge is 0.0991 e. The third-order valence-electron chi connectivity index (χ3n) is 3.54. The number of rotatable bonds is 1. The molecule has 0 bridgehead atoms. The van der Waals surface area contributed by atoms with Gasteiger partial charge in [-0.05, 0) is 18.2 Å². The van der Waals surface area contributed by atoms with Crippen LogP contribution < -0.4 is 4.90 Å². The highest BCUT2D eigenvalue weighted by Crippen LogP contribution is 2.26. The second kappa shape index (κ2) is 5.18. The van der Waals surface area contributed by atoms with Gasteiger partial charge in [0.1, 0.15) is 0 Å². The zero-order chi connectivity index (χ0) is 13.9. The lowest BCUT2D eigenvalue weighted by Gasteiger charge is -2.19. The molecule has 0 amide bonds. The summed E-state index contributed by atoms with van der Waals surface area (Å²) in [5.41, 5.74) is 4.91. The number of hydrogen-bond acceptors (Lipinski definition) is 3. The highest BCUT2D eigenvalue weighted by Gasteiger charge is 2.17. The molecule has 3 heteroatoms. The number of benzodiazepines with no additional fused rings is 1. The normalized spacial score (nSPS) is 14.0. The average molecular weight is 261 g/mol. The molecule has 0 saturated heterocycles. The molecule has 2 aromatic carbocycles. The maximum Gasteiger partial charge on any atom is 0.0991 e. The quantitative estimate of drug-likeness (QED) is 0.792. The fraction of sp³-hybridized carbons (Fsp3) is 0.176. The van der Waals surface area contributed by atoms with E-state index in [4.69, 9.17) is 10.3 Å². The molecule has 0 fully saturated rings. The van der Waals surface area contributed by atoms with Crippen LogP contribution in [0, 0.1) is 11.3 Å². The number of nitriles is 1. The molecule has 1 aliphatic rings. The minimum atomic E-state index is 0.669. The zero-order valence-electron chi connectivity index (χ0n) is 11.4. The van der Waals surface area contributed by atoms with E-state index in [9.17, 15) is 0 Å². The van der Waals surface area contributed by atoms with Crippen molar-refractivity contribution in [3.05, 3.63) is 65.2 Å². The minimum Gasteiger partial charge on any atom is -0.372 e. The number of fused-ring (bicyclic) bond motifs is 1. The Kier molecular flexibility index (Phi) is 3.22. The van der Waals surface area contributed by atoms with E-state index in [2.05, 4.69) is 30.1 Å². The van der Waals surface area contributed by atoms with Crippen molar-refractivity contribution in [1.82, 2.24) is 0 Å². The second-order valence-electron chi connectivity index (χ2n) is 4.86. The highest BCUT2D eigenvalue weighted by molar-refractivity contribution is 6.16. The molecule has 0 spiro atoms. The Hall–Kier alpha value is -2.60. The molecule has 0 N–H and O–H groups in total. The van der Waals surface area contributed by atoms with Crippen LogP contribution >= 0.6 is 0 Å². The first-order valence-corrected chi connectivity index (χ1v) is 6.65. The lowest BCUT2D eigenvalue weighted by molar-refractivity contribution is 0.896. The van der Waals surface area contributed by atoms with Gasteiger partial charge in [0, 0.05) is 30.4 Å². The van der Waals surface area contributed by atoms with Gasteiger partial charge in [0.15, 0.2) is 0 Å². The molecule has 2 aromatic rings. The van der Waals surface area contributed by atoms with E-state index in [0.717, 1.165) is 35.6 Å². The number of benzene rings is 2. The zero-order valence-corrected chi connectivity index (χ0v) is 11.4. The lowest BCUT2D eigenvalue weighted by atomic mass is 9.98. The maximum absolute atomic E-state index is 9.13. The van der Waals surface area contributed by atoms with Crippen LogP contribution in [-0.2, 0) is 0 Å². The van der Waals surface area contributed by atoms with Gasteiger partial charge in [-0.15, -0.1) is 0 Å². The molecular formula is C17H15N3. The predicted molar refractivity (Wildman–Crippen MR) is 81.4 cm³/mol. The van der Waals surface area contributed by atoms with Gasteiger partial charge in [0.05, 0.1) is 23.9 Å². The Balaban J connectivity index is 2.20. The van der Waals surface area contributed by atoms with E-state index in [1.807, 2.05) is 36.4 Å². The number of aliphatic imine (C=N–C) groups is 1. The van der Waals surface area contributed by atoms with E-state index in [1.54, 1.807) is 0 Å². The largest absolute Gasteiger partial charge is 0.372 e. The fourth-order valence-corrected chi connectivity index (χ4v) is 2.49. The van der Waals surface area contributed by atoms with Crippen molar-refractivity contribution in [2.24, 2.45) is 4.99 Å². The van der Waals surface area contributed by atoms with Crippen molar-refractivity contribution in [1.29, 1.82) is 5.26 Å². The van der Waals surface area contributed by atoms with Crippen molar-refractivity contribution in [2.75, 3.05) is 25.0 Å². The molecule has 3 nitrogen and oxygen atoms in total. The molecule has 0 radical (unpaired) electrons. The van der Waals surface area contributed by atoms with Crippen LogP contribution in [0.2, 0.25) is 0 Å². The van der Waals surface area contributed by atoms with Gasteiger partial charge in [0.25, 0.3) is 0 Å². The van der Waals surface area contributed by atoms with E-state index in [-0.39, 0.29) is 0 Å². The fourth-order valence-electron chi connectivity index (χ4n) is 2.49. The van der Waals surface area contributed by atoms with Gasteiger partial charge in [-0.2, -0.15) is 5.26 Å². The van der Waals surface area contributed by atoms with Crippen LogP contribution in [-0.4, -0.2) is 25.8 Å². The van der Waals surface area contributed by atoms with Crippen molar-refractivity contribution in [3.8, 4) is 6.07 Å². The van der Waals surface area contributed by atoms with Crippen molar-refractivity contribution in [2.45, 2.75) is 0 Å². The monoisotopic (exact) mass is 261 g/mol. The van der Waals surface area contributed by atoms with E-state index in [0.29, 0.717) is 5.56 Å². The first kappa shape index (κ1) is 12.4. The molecule has 0 aliphatic carbocycles. The summed E-state index contributed by atoms with van der Waals surface area (Å²) in [5.74, 6) is 0. The Bertz CT molecular complexity index is 696. The van der Waals surface area contributed by atoms with Crippen LogP contribution in [0.25, 0.3) is 0 Å². The van der Waals surface area contributed by atoms with Crippen LogP contribution in [0.4, 0.5) is 5.69 Å². The van der Waals surface area contributed by atoms with Crippen LogP contribution in [0.5, 0.6) is 0 Å². The second-order valence-corrected chi connectivity index (χ2v) is 4.86. The summed E-state index contributed by atoms with van der Waals surface area (Å²) in [6.07, 6.45) is 0. The summed E-state index contributed by atoms with van der Waals surface area (Å²) in [5, 5.41) is 9.13. The Morgan fingerprint density at radius 1 is 1.15 bits per heavy atom. The Morgan fingerprint density at radius 2 is 1.95 bits per heavy atom. The van der Waals surface area contributed by atoms with Crippen LogP contribution in [0.1, 0.15) is 16.7 Å². The minimum absolute atomic E-state index is 0.669. The first-order chi connectivity index (χ1) is 9.79. The van der Waals surface area contributed by atoms with Gasteiger partial charge in [-0.1, -0.05) is 30.3 Å². The summed E-state index contributed by atoms with van der Waals surface area (Å²) in [6.45, 7) is 1.65. The van der Waals surface area contributed by atoms with Gasteiger partial charge in [-0.3, -0.25) is 4.99 Å². The first-order valence-electron chi connectivity index (χ1n) is 6.65. The topological polar surface area (TPSA) is 39.4 Å². The van der Waals surface area contributed by atoms with Crippen LogP contribution in [0.3, 0.4) is 0 Å². The summed E-state index contributed by atoms with van der Waals surface area (Å²) in [7, 11) is 2.06. The SMILES string of the molecule is CN1CCN=C(c2ccccc2)c2cc(C#N)ccc21. The van der Waals surface area contributed by atoms with Crippen molar-refractivity contribution < 1.29 is 0 Å².